The molecule has 0 bridgehead atoms. The first-order valence-electron chi connectivity index (χ1n) is 21.3. The summed E-state index contributed by atoms with van der Waals surface area (Å²) in [4.78, 5) is 0. The average Bonchev–Trinajstić information content (AvgIpc) is 3.95. The topological polar surface area (TPSA) is 9.86 Å². The van der Waals surface area contributed by atoms with Gasteiger partial charge in [0, 0.05) is 32.9 Å². The molecule has 0 N–H and O–H groups in total. The van der Waals surface area contributed by atoms with E-state index in [4.69, 9.17) is 0 Å². The predicted octanol–water partition coefficient (Wildman–Crippen LogP) is 15.7. The molecule has 11 aromatic rings. The summed E-state index contributed by atoms with van der Waals surface area (Å²) >= 11 is 0. The number of hydrogen-bond donors (Lipinski definition) is 0. The summed E-state index contributed by atoms with van der Waals surface area (Å²) < 4.78 is 4.78. The first-order chi connectivity index (χ1) is 30.0. The van der Waals surface area contributed by atoms with E-state index in [9.17, 15) is 0 Å². The van der Waals surface area contributed by atoms with Crippen LogP contribution in [0.25, 0.3) is 99.8 Å². The molecule has 0 unspecified atom stereocenters. The van der Waals surface area contributed by atoms with Gasteiger partial charge < -0.3 is 9.13 Å². The van der Waals surface area contributed by atoms with E-state index in [-0.39, 0.29) is 5.41 Å². The fourth-order valence-corrected chi connectivity index (χ4v) is 10.1. The van der Waals surface area contributed by atoms with Crippen LogP contribution >= 0.6 is 0 Å². The summed E-state index contributed by atoms with van der Waals surface area (Å²) in [6, 6.07) is 80.5. The molecule has 2 heteroatoms. The normalized spacial score (nSPS) is 12.9. The Bertz CT molecular complexity index is 3480. The van der Waals surface area contributed by atoms with Gasteiger partial charge in [-0.25, -0.2) is 0 Å². The van der Waals surface area contributed by atoms with Crippen molar-refractivity contribution in [1.82, 2.24) is 9.13 Å². The first-order valence-corrected chi connectivity index (χ1v) is 21.3. The van der Waals surface area contributed by atoms with Gasteiger partial charge in [-0.05, 0) is 146 Å². The molecule has 0 saturated carbocycles. The second kappa shape index (κ2) is 13.7. The lowest BCUT2D eigenvalue weighted by atomic mass is 9.81. The Morgan fingerprint density at radius 2 is 0.836 bits per heavy atom. The van der Waals surface area contributed by atoms with Gasteiger partial charge in [-0.3, -0.25) is 0 Å². The van der Waals surface area contributed by atoms with Crippen molar-refractivity contribution < 1.29 is 0 Å². The minimum Gasteiger partial charge on any atom is -0.309 e. The summed E-state index contributed by atoms with van der Waals surface area (Å²) in [5.74, 6) is 0. The monoisotopic (exact) mass is 778 g/mol. The smallest absolute Gasteiger partial charge is 0.0541 e. The molecule has 0 saturated heterocycles. The van der Waals surface area contributed by atoms with Gasteiger partial charge in [0.2, 0.25) is 0 Å². The molecule has 2 aromatic heterocycles. The molecular weight excluding hydrogens is 737 g/mol. The zero-order chi connectivity index (χ0) is 40.7. The Kier molecular flexibility index (Phi) is 7.92. The molecule has 288 valence electrons. The number of fused-ring (bicyclic) bond motifs is 7. The van der Waals surface area contributed by atoms with E-state index in [1.807, 2.05) is 0 Å². The van der Waals surface area contributed by atoms with E-state index in [1.165, 1.54) is 105 Å². The molecule has 0 spiro atoms. The molecule has 1 aliphatic carbocycles. The summed E-state index contributed by atoms with van der Waals surface area (Å²) in [5.41, 5.74) is 20.9. The number of para-hydroxylation sites is 3. The van der Waals surface area contributed by atoms with Gasteiger partial charge >= 0.3 is 0 Å². The number of benzene rings is 9. The van der Waals surface area contributed by atoms with Crippen molar-refractivity contribution in [3.63, 3.8) is 0 Å². The van der Waals surface area contributed by atoms with Crippen LogP contribution in [-0.2, 0) is 5.41 Å². The van der Waals surface area contributed by atoms with E-state index in [1.54, 1.807) is 0 Å². The zero-order valence-electron chi connectivity index (χ0n) is 34.2. The molecule has 2 heterocycles. The van der Waals surface area contributed by atoms with E-state index in [0.29, 0.717) is 0 Å². The van der Waals surface area contributed by atoms with Crippen molar-refractivity contribution in [2.24, 2.45) is 0 Å². The highest BCUT2D eigenvalue weighted by molar-refractivity contribution is 6.10. The molecule has 12 rings (SSSR count). The molecule has 61 heavy (non-hydrogen) atoms. The molecule has 0 aliphatic heterocycles. The van der Waals surface area contributed by atoms with Crippen LogP contribution in [0, 0.1) is 0 Å². The minimum absolute atomic E-state index is 0.0895. The third-order valence-electron chi connectivity index (χ3n) is 13.1. The van der Waals surface area contributed by atoms with E-state index in [0.717, 1.165) is 5.69 Å². The molecular formula is C59H42N2. The Morgan fingerprint density at radius 1 is 0.311 bits per heavy atom. The lowest BCUT2D eigenvalue weighted by molar-refractivity contribution is 0.660. The Labute approximate surface area is 356 Å². The number of hydrogen-bond acceptors (Lipinski definition) is 0. The quantitative estimate of drug-likeness (QED) is 0.159. The minimum atomic E-state index is -0.0895. The van der Waals surface area contributed by atoms with Crippen LogP contribution in [0.3, 0.4) is 0 Å². The summed E-state index contributed by atoms with van der Waals surface area (Å²) in [6.07, 6.45) is 0. The van der Waals surface area contributed by atoms with Crippen LogP contribution in [0.15, 0.2) is 218 Å². The Morgan fingerprint density at radius 3 is 1.56 bits per heavy atom. The van der Waals surface area contributed by atoms with Gasteiger partial charge in [0.05, 0.1) is 22.2 Å². The van der Waals surface area contributed by atoms with Gasteiger partial charge in [-0.1, -0.05) is 147 Å². The number of nitrogens with zero attached hydrogens (tertiary/aromatic N) is 2. The van der Waals surface area contributed by atoms with Crippen molar-refractivity contribution in [2.45, 2.75) is 19.3 Å². The van der Waals surface area contributed by atoms with Crippen molar-refractivity contribution in [2.75, 3.05) is 0 Å². The van der Waals surface area contributed by atoms with E-state index < -0.39 is 0 Å². The molecule has 0 atom stereocenters. The summed E-state index contributed by atoms with van der Waals surface area (Å²) in [5, 5.41) is 3.71. The maximum absolute atomic E-state index is 2.45. The maximum atomic E-state index is 2.45. The third kappa shape index (κ3) is 5.64. The van der Waals surface area contributed by atoms with Crippen LogP contribution in [-0.4, -0.2) is 9.13 Å². The van der Waals surface area contributed by atoms with Crippen molar-refractivity contribution in [3.05, 3.63) is 230 Å². The van der Waals surface area contributed by atoms with Gasteiger partial charge in [-0.15, -0.1) is 0 Å². The Balaban J connectivity index is 1.06. The third-order valence-corrected chi connectivity index (χ3v) is 13.1. The molecule has 0 radical (unpaired) electrons. The van der Waals surface area contributed by atoms with Crippen LogP contribution in [0.5, 0.6) is 0 Å². The lowest BCUT2D eigenvalue weighted by Gasteiger charge is -2.22. The van der Waals surface area contributed by atoms with Crippen LogP contribution < -0.4 is 0 Å². The highest BCUT2D eigenvalue weighted by Crippen LogP contribution is 2.50. The molecule has 9 aromatic carbocycles. The van der Waals surface area contributed by atoms with Crippen molar-refractivity contribution >= 4 is 32.7 Å². The van der Waals surface area contributed by atoms with Crippen LogP contribution in [0.2, 0.25) is 0 Å². The maximum Gasteiger partial charge on any atom is 0.0541 e. The number of aromatic nitrogens is 2. The van der Waals surface area contributed by atoms with Crippen LogP contribution in [0.4, 0.5) is 0 Å². The van der Waals surface area contributed by atoms with Crippen LogP contribution in [0.1, 0.15) is 25.0 Å². The van der Waals surface area contributed by atoms with Crippen molar-refractivity contribution in [1.29, 1.82) is 0 Å². The second-order valence-electron chi connectivity index (χ2n) is 17.0. The highest BCUT2D eigenvalue weighted by atomic mass is 15.0. The van der Waals surface area contributed by atoms with Gasteiger partial charge in [0.15, 0.2) is 0 Å². The highest BCUT2D eigenvalue weighted by Gasteiger charge is 2.35. The van der Waals surface area contributed by atoms with E-state index in [2.05, 4.69) is 241 Å². The van der Waals surface area contributed by atoms with Crippen molar-refractivity contribution in [3.8, 4) is 67.1 Å². The molecule has 1 aliphatic rings. The summed E-state index contributed by atoms with van der Waals surface area (Å²) in [7, 11) is 0. The number of rotatable bonds is 6. The first kappa shape index (κ1) is 35.3. The molecule has 0 fully saturated rings. The SMILES string of the molecule is CC1(C)c2ccccc2-c2ccc(-c3cc(-c4ccc5c(c4)cc(-c4ccccc4)n5-c4ccccc4)cc(-c4ccc5c(c4)c4ccccc4n5-c4ccccc4)c3)cc21. The second-order valence-corrected chi connectivity index (χ2v) is 17.0. The largest absolute Gasteiger partial charge is 0.309 e. The predicted molar refractivity (Wildman–Crippen MR) is 257 cm³/mol. The van der Waals surface area contributed by atoms with Gasteiger partial charge in [0.25, 0.3) is 0 Å². The molecule has 2 nitrogen and oxygen atoms in total. The Hall–Kier alpha value is -7.68. The van der Waals surface area contributed by atoms with Gasteiger partial charge in [0.1, 0.15) is 0 Å². The lowest BCUT2D eigenvalue weighted by Crippen LogP contribution is -2.14. The average molecular weight is 779 g/mol. The van der Waals surface area contributed by atoms with E-state index >= 15 is 0 Å². The zero-order valence-corrected chi connectivity index (χ0v) is 34.2. The summed E-state index contributed by atoms with van der Waals surface area (Å²) in [6.45, 7) is 4.73. The standard InChI is InChI=1S/C59H42N2/c1-59(2)53-24-14-12-22-49(53)50-29-26-42(37-54(50)59)45-34-43(40-27-30-55-46(32-40)38-58(39-16-6-3-7-17-39)60(55)47-18-8-4-9-19-47)33-44(35-45)41-28-31-57-52(36-41)51-23-13-15-25-56(51)61(57)48-20-10-5-11-21-48/h3-38H,1-2H3. The fraction of sp³-hybridized carbons (Fsp3) is 0.0508. The fourth-order valence-electron chi connectivity index (χ4n) is 10.1. The van der Waals surface area contributed by atoms with Gasteiger partial charge in [-0.2, -0.15) is 0 Å². The molecule has 0 amide bonds.